The van der Waals surface area contributed by atoms with Gasteiger partial charge in [-0.3, -0.25) is 27.9 Å². The van der Waals surface area contributed by atoms with E-state index in [0.717, 1.165) is 216 Å². The number of piperazine rings is 3. The lowest BCUT2D eigenvalue weighted by atomic mass is 9.78. The van der Waals surface area contributed by atoms with E-state index in [1.807, 2.05) is 95.8 Å². The zero-order valence-electron chi connectivity index (χ0n) is 67.2. The molecular formula is C92H97FN22O2S. The lowest BCUT2D eigenvalue weighted by Gasteiger charge is -2.46. The van der Waals surface area contributed by atoms with Crippen LogP contribution in [0.15, 0.2) is 207 Å². The van der Waals surface area contributed by atoms with Crippen LogP contribution < -0.4 is 17.2 Å². The number of imidazole rings is 3. The Morgan fingerprint density at radius 1 is 0.407 bits per heavy atom. The van der Waals surface area contributed by atoms with Crippen molar-refractivity contribution < 1.29 is 12.8 Å². The van der Waals surface area contributed by atoms with E-state index in [-0.39, 0.29) is 11.7 Å². The van der Waals surface area contributed by atoms with Crippen molar-refractivity contribution in [2.45, 2.75) is 81.3 Å². The number of hydrogen-bond donors (Lipinski definition) is 3. The van der Waals surface area contributed by atoms with E-state index < -0.39 is 10.2 Å². The predicted octanol–water partition coefficient (Wildman–Crippen LogP) is 13.7. The average molecular weight is 1590 g/mol. The number of fused-ring (bicyclic) bond motifs is 6. The Kier molecular flexibility index (Phi) is 20.5. The molecule has 6 N–H and O–H groups in total. The van der Waals surface area contributed by atoms with Crippen LogP contribution in [0, 0.1) is 12.7 Å². The van der Waals surface area contributed by atoms with Crippen molar-refractivity contribution in [3.8, 4) is 67.5 Å². The number of hydrogen-bond acceptors (Lipinski definition) is 19. The summed E-state index contributed by atoms with van der Waals surface area (Å²) in [7, 11) is 4.19. The van der Waals surface area contributed by atoms with Gasteiger partial charge in [0.25, 0.3) is 10.2 Å². The molecule has 12 heterocycles. The van der Waals surface area contributed by atoms with E-state index in [2.05, 4.69) is 160 Å². The number of likely N-dealkylation sites (N-methyl/N-ethyl adjacent to an activating group) is 2. The Hall–Kier alpha value is -11.6. The highest BCUT2D eigenvalue weighted by Gasteiger charge is 2.43. The number of pyridine rings is 3. The van der Waals surface area contributed by atoms with Crippen molar-refractivity contribution in [1.29, 1.82) is 0 Å². The van der Waals surface area contributed by atoms with E-state index in [1.54, 1.807) is 43.1 Å². The quantitative estimate of drug-likeness (QED) is 0.0913. The summed E-state index contributed by atoms with van der Waals surface area (Å²) in [4.78, 5) is 55.8. The fraction of sp³-hybridized carbons (Fsp3) is 0.315. The summed E-state index contributed by atoms with van der Waals surface area (Å²) >= 11 is 0. The first-order valence-corrected chi connectivity index (χ1v) is 42.5. The highest BCUT2D eigenvalue weighted by Crippen LogP contribution is 2.47. The summed E-state index contributed by atoms with van der Waals surface area (Å²) in [6.45, 7) is 13.7. The molecule has 0 radical (unpaired) electrons. The monoisotopic (exact) mass is 1590 g/mol. The molecule has 15 aromatic rings. The molecule has 3 saturated heterocycles. The van der Waals surface area contributed by atoms with Gasteiger partial charge in [-0.2, -0.15) is 17.0 Å². The van der Waals surface area contributed by atoms with Crippen LogP contribution in [0.5, 0.6) is 0 Å². The molecule has 118 heavy (non-hydrogen) atoms. The van der Waals surface area contributed by atoms with Gasteiger partial charge in [-0.25, -0.2) is 49.2 Å². The second-order valence-electron chi connectivity index (χ2n) is 32.9. The van der Waals surface area contributed by atoms with Gasteiger partial charge < -0.3 is 27.0 Å². The van der Waals surface area contributed by atoms with Crippen molar-refractivity contribution in [3.63, 3.8) is 0 Å². The number of nitrogen functional groups attached to an aromatic ring is 3. The third kappa shape index (κ3) is 14.5. The molecule has 21 rings (SSSR count). The Balaban J connectivity index is 0.000000118. The maximum Gasteiger partial charge on any atom is 0.281 e. The number of nitrogens with zero attached hydrogens (tertiary/aromatic N) is 19. The number of aromatic nitrogens is 12. The fourth-order valence-electron chi connectivity index (χ4n) is 18.4. The average Bonchev–Trinajstić information content (AvgIpc) is 1.59. The first kappa shape index (κ1) is 76.4. The summed E-state index contributed by atoms with van der Waals surface area (Å²) in [5.74, 6) is 4.94. The highest BCUT2D eigenvalue weighted by atomic mass is 32.2. The molecule has 6 aliphatic rings. The minimum absolute atomic E-state index is 0.282. The molecule has 0 atom stereocenters. The summed E-state index contributed by atoms with van der Waals surface area (Å²) in [5.41, 5.74) is 35.4. The van der Waals surface area contributed by atoms with Crippen LogP contribution in [0.1, 0.15) is 79.3 Å². The van der Waals surface area contributed by atoms with Gasteiger partial charge in [-0.05, 0) is 102 Å². The number of nitrogens with two attached hydrogens (primary N) is 3. The van der Waals surface area contributed by atoms with Crippen molar-refractivity contribution >= 4 is 76.9 Å². The van der Waals surface area contributed by atoms with E-state index in [4.69, 9.17) is 47.1 Å². The summed E-state index contributed by atoms with van der Waals surface area (Å²) < 4.78 is 50.3. The molecule has 26 heteroatoms. The standard InChI is InChI=1S/C31H34N8O2S.C31H33N7.C30H30FN7/c1-36(2)42(40,41)38-16-14-37(15-17-38)25-18-24(19-25)31-35-28(29-30(32)33-12-13-39(29)31)23-9-8-22-10-11-26(34-27(22)20-23)21-6-4-3-5-7-21;1-20-16-26(21-6-4-3-5-7-21)34-27-19-22(8-9-25(20)27)28-29-30(32)33-10-11-38(29)31(35-28)23-17-24(18-23)37-14-12-36(2)13-15-37;1-36-13-15-37(16-14-36)22-17-21(18-22)30-35-27(28-29(32)33-11-12-38(28)30)23-9-7-20-8-10-24(34-26(20)25(23)31)19-5-3-2-4-6-19/h3-13,20,24-25H,14-19H2,1-2H3,(H2,32,33);3-11,16,19,23-24H,12-15,17-18H2,1-2H3,(H2,32,33);2-12,21-22H,13-18H2,1H3,(H2,32,33). The van der Waals surface area contributed by atoms with Crippen molar-refractivity contribution in [2.24, 2.45) is 0 Å². The Labute approximate surface area is 685 Å². The minimum atomic E-state index is -3.37. The molecule has 0 unspecified atom stereocenters. The normalized spacial score (nSPS) is 20.6. The molecule has 9 aromatic heterocycles. The van der Waals surface area contributed by atoms with Crippen molar-refractivity contribution in [2.75, 3.05) is 124 Å². The van der Waals surface area contributed by atoms with Gasteiger partial charge in [0.15, 0.2) is 5.82 Å². The second kappa shape index (κ2) is 31.7. The number of halogens is 1. The topological polar surface area (TPSA) is 264 Å². The summed E-state index contributed by atoms with van der Waals surface area (Å²) in [5, 5.41) is 2.96. The molecule has 3 aliphatic carbocycles. The lowest BCUT2D eigenvalue weighted by molar-refractivity contribution is 0.0586. The zero-order chi connectivity index (χ0) is 80.6. The fourth-order valence-corrected chi connectivity index (χ4v) is 19.4. The Bertz CT molecular complexity index is 6360. The molecule has 600 valence electrons. The Morgan fingerprint density at radius 2 is 0.797 bits per heavy atom. The van der Waals surface area contributed by atoms with Crippen LogP contribution in [0.3, 0.4) is 0 Å². The predicted molar refractivity (Wildman–Crippen MR) is 467 cm³/mol. The van der Waals surface area contributed by atoms with Crippen LogP contribution in [-0.4, -0.2) is 224 Å². The van der Waals surface area contributed by atoms with Crippen LogP contribution in [0.2, 0.25) is 0 Å². The molecule has 0 bridgehead atoms. The zero-order valence-corrected chi connectivity index (χ0v) is 68.0. The summed E-state index contributed by atoms with van der Waals surface area (Å²) in [6, 6.07) is 58.5. The summed E-state index contributed by atoms with van der Waals surface area (Å²) in [6.07, 6.45) is 17.4. The van der Waals surface area contributed by atoms with Crippen LogP contribution in [0.4, 0.5) is 21.8 Å². The van der Waals surface area contributed by atoms with Crippen LogP contribution in [0.25, 0.3) is 117 Å². The van der Waals surface area contributed by atoms with Crippen LogP contribution in [-0.2, 0) is 10.2 Å². The number of benzene rings is 6. The maximum absolute atomic E-state index is 16.2. The molecule has 24 nitrogen and oxygen atoms in total. The van der Waals surface area contributed by atoms with Gasteiger partial charge in [0.05, 0.1) is 28.1 Å². The van der Waals surface area contributed by atoms with E-state index >= 15 is 4.39 Å². The Morgan fingerprint density at radius 3 is 1.27 bits per heavy atom. The molecular weight excluding hydrogens is 1500 g/mol. The lowest BCUT2D eigenvalue weighted by Crippen LogP contribution is -2.56. The van der Waals surface area contributed by atoms with Gasteiger partial charge in [0.2, 0.25) is 0 Å². The molecule has 6 aromatic carbocycles. The highest BCUT2D eigenvalue weighted by molar-refractivity contribution is 7.86. The van der Waals surface area contributed by atoms with Gasteiger partial charge >= 0.3 is 0 Å². The van der Waals surface area contributed by atoms with Gasteiger partial charge in [0, 0.05) is 215 Å². The molecule has 3 aliphatic heterocycles. The molecule has 0 spiro atoms. The van der Waals surface area contributed by atoms with E-state index in [1.165, 1.54) is 9.87 Å². The first-order chi connectivity index (χ1) is 57.4. The first-order valence-electron chi connectivity index (χ1n) is 41.1. The number of aryl methyl sites for hydroxylation is 1. The maximum atomic E-state index is 16.2. The van der Waals surface area contributed by atoms with E-state index in [9.17, 15) is 8.42 Å². The molecule has 0 amide bonds. The SMILES string of the molecule is CN(C)S(=O)(=O)N1CCN(C2CC(c3nc(-c4ccc5ccc(-c6ccccc6)nc5c4)c4c(N)nccn34)C2)CC1.CN1CCN(C2CC(c3nc(-c4ccc5ccc(-c6ccccc6)nc5c4F)c4c(N)nccn34)C2)CC1.Cc1cc(-c2ccccc2)nc2cc(-c3nc(C4CC(N5CCN(C)CC5)C4)n4ccnc(N)c34)ccc12. The largest absolute Gasteiger partial charge is 0.382 e. The van der Waals surface area contributed by atoms with Gasteiger partial charge in [0.1, 0.15) is 74.1 Å². The molecule has 3 saturated carbocycles. The molecule has 6 fully saturated rings. The number of anilines is 3. The van der Waals surface area contributed by atoms with Crippen molar-refractivity contribution in [1.82, 2.24) is 91.2 Å². The smallest absolute Gasteiger partial charge is 0.281 e. The van der Waals surface area contributed by atoms with E-state index in [0.29, 0.717) is 82.8 Å². The van der Waals surface area contributed by atoms with Crippen LogP contribution >= 0.6 is 0 Å². The van der Waals surface area contributed by atoms with Crippen molar-refractivity contribution in [3.05, 3.63) is 236 Å². The third-order valence-electron chi connectivity index (χ3n) is 25.5. The number of rotatable bonds is 14. The van der Waals surface area contributed by atoms with Gasteiger partial charge in [-0.15, -0.1) is 0 Å². The third-order valence-corrected chi connectivity index (χ3v) is 27.4. The van der Waals surface area contributed by atoms with Gasteiger partial charge in [-0.1, -0.05) is 133 Å². The minimum Gasteiger partial charge on any atom is -0.382 e. The second-order valence-corrected chi connectivity index (χ2v) is 35.0.